The van der Waals surface area contributed by atoms with Gasteiger partial charge >= 0.3 is 0 Å². The largest absolute Gasteiger partial charge is 0.299 e. The highest BCUT2D eigenvalue weighted by Gasteiger charge is 1.56. The quantitative estimate of drug-likeness (QED) is 0.390. The van der Waals surface area contributed by atoms with E-state index in [1.165, 1.54) is 12.2 Å². The molecule has 0 unspecified atom stereocenters. The van der Waals surface area contributed by atoms with Crippen LogP contribution in [0.15, 0.2) is 48.6 Å². The summed E-state index contributed by atoms with van der Waals surface area (Å²) in [5.41, 5.74) is 0. The van der Waals surface area contributed by atoms with Crippen molar-refractivity contribution < 1.29 is 9.59 Å². The maximum absolute atomic E-state index is 9.56. The Hall–Kier alpha value is -1.70. The molecule has 0 radical (unpaired) electrons. The van der Waals surface area contributed by atoms with Crippen molar-refractivity contribution in [1.82, 2.24) is 0 Å². The van der Waals surface area contributed by atoms with Crippen LogP contribution in [0.5, 0.6) is 0 Å². The first-order chi connectivity index (χ1) is 6.83. The average Bonchev–Trinajstić information content (AvgIpc) is 2.21. The zero-order valence-corrected chi connectivity index (χ0v) is 8.59. The van der Waals surface area contributed by atoms with Gasteiger partial charge in [0.15, 0.2) is 0 Å². The summed E-state index contributed by atoms with van der Waals surface area (Å²) in [4.78, 5) is 19.1. The average molecular weight is 192 g/mol. The maximum atomic E-state index is 9.56. The molecule has 0 fully saturated rings. The summed E-state index contributed by atoms with van der Waals surface area (Å²) < 4.78 is 0. The third kappa shape index (κ3) is 22.4. The van der Waals surface area contributed by atoms with Crippen molar-refractivity contribution in [3.05, 3.63) is 48.6 Å². The Morgan fingerprint density at radius 1 is 0.571 bits per heavy atom. The molecule has 0 aliphatic rings. The Labute approximate surface area is 85.3 Å². The normalized spacial score (nSPS) is 11.0. The summed E-state index contributed by atoms with van der Waals surface area (Å²) in [5.74, 6) is 0. The first kappa shape index (κ1) is 14.8. The Morgan fingerprint density at radius 3 is 1.14 bits per heavy atom. The lowest BCUT2D eigenvalue weighted by atomic mass is 10.5. The monoisotopic (exact) mass is 192 g/mol. The molecular weight excluding hydrogens is 176 g/mol. The van der Waals surface area contributed by atoms with Gasteiger partial charge < -0.3 is 0 Å². The van der Waals surface area contributed by atoms with Gasteiger partial charge in [-0.3, -0.25) is 9.59 Å². The summed E-state index contributed by atoms with van der Waals surface area (Å²) in [6.45, 7) is 3.80. The van der Waals surface area contributed by atoms with Crippen LogP contribution in [0.4, 0.5) is 0 Å². The van der Waals surface area contributed by atoms with Gasteiger partial charge in [-0.2, -0.15) is 0 Å². The van der Waals surface area contributed by atoms with Crippen molar-refractivity contribution in [2.45, 2.75) is 13.8 Å². The van der Waals surface area contributed by atoms with Gasteiger partial charge in [0.1, 0.15) is 12.6 Å². The predicted octanol–water partition coefficient (Wildman–Crippen LogP) is 2.64. The number of hydrogen-bond donors (Lipinski definition) is 0. The second-order valence-corrected chi connectivity index (χ2v) is 2.09. The summed E-state index contributed by atoms with van der Waals surface area (Å²) >= 11 is 0. The molecule has 0 saturated heterocycles. The van der Waals surface area contributed by atoms with Crippen molar-refractivity contribution in [2.24, 2.45) is 0 Å². The molecule has 0 aromatic heterocycles. The number of carbonyl (C=O) groups is 2. The van der Waals surface area contributed by atoms with E-state index in [1.807, 2.05) is 26.0 Å². The van der Waals surface area contributed by atoms with E-state index in [2.05, 4.69) is 0 Å². The molecule has 0 aliphatic heterocycles. The van der Waals surface area contributed by atoms with Crippen LogP contribution in [0.25, 0.3) is 0 Å². The molecule has 0 aromatic carbocycles. The van der Waals surface area contributed by atoms with Gasteiger partial charge in [0.05, 0.1) is 0 Å². The molecule has 0 aliphatic carbocycles. The molecule has 14 heavy (non-hydrogen) atoms. The zero-order chi connectivity index (χ0) is 11.1. The third-order valence-corrected chi connectivity index (χ3v) is 0.986. The maximum Gasteiger partial charge on any atom is 0.142 e. The van der Waals surface area contributed by atoms with E-state index in [-0.39, 0.29) is 0 Å². The van der Waals surface area contributed by atoms with Crippen LogP contribution in [0, 0.1) is 0 Å². The van der Waals surface area contributed by atoms with Crippen LogP contribution in [0.3, 0.4) is 0 Å². The van der Waals surface area contributed by atoms with Crippen molar-refractivity contribution in [1.29, 1.82) is 0 Å². The lowest BCUT2D eigenvalue weighted by Crippen LogP contribution is -1.53. The molecule has 2 heteroatoms. The summed E-state index contributed by atoms with van der Waals surface area (Å²) in [5, 5.41) is 0. The number of hydrogen-bond acceptors (Lipinski definition) is 2. The van der Waals surface area contributed by atoms with E-state index >= 15 is 0 Å². The van der Waals surface area contributed by atoms with Crippen LogP contribution in [0.2, 0.25) is 0 Å². The second-order valence-electron chi connectivity index (χ2n) is 2.09. The molecule has 0 saturated carbocycles. The molecule has 0 N–H and O–H groups in total. The Morgan fingerprint density at radius 2 is 0.929 bits per heavy atom. The molecular formula is C12H16O2. The predicted molar refractivity (Wildman–Crippen MR) is 60.0 cm³/mol. The summed E-state index contributed by atoms with van der Waals surface area (Å²) in [6.07, 6.45) is 15.1. The topological polar surface area (TPSA) is 34.1 Å². The number of allylic oxidation sites excluding steroid dienone is 8. The van der Waals surface area contributed by atoms with Crippen molar-refractivity contribution in [3.63, 3.8) is 0 Å². The van der Waals surface area contributed by atoms with Gasteiger partial charge in [0.25, 0.3) is 0 Å². The van der Waals surface area contributed by atoms with Gasteiger partial charge in [-0.05, 0) is 26.0 Å². The summed E-state index contributed by atoms with van der Waals surface area (Å²) in [6, 6.07) is 0. The van der Waals surface area contributed by atoms with Crippen molar-refractivity contribution in [3.8, 4) is 0 Å². The van der Waals surface area contributed by atoms with Crippen LogP contribution in [0.1, 0.15) is 13.8 Å². The highest BCUT2D eigenvalue weighted by Crippen LogP contribution is 1.71. The Bertz CT molecular complexity index is 207. The van der Waals surface area contributed by atoms with Gasteiger partial charge in [-0.1, -0.05) is 36.5 Å². The Kier molecular flexibility index (Phi) is 18.4. The van der Waals surface area contributed by atoms with Crippen LogP contribution in [-0.4, -0.2) is 12.6 Å². The van der Waals surface area contributed by atoms with E-state index in [0.29, 0.717) is 0 Å². The minimum atomic E-state index is 0.750. The molecule has 0 atom stereocenters. The SMILES string of the molecule is C/C=C/C=C/C=O.C/C=C/C=C/C=O. The number of rotatable bonds is 4. The van der Waals surface area contributed by atoms with Gasteiger partial charge in [0.2, 0.25) is 0 Å². The van der Waals surface area contributed by atoms with Crippen LogP contribution < -0.4 is 0 Å². The Balaban J connectivity index is 0. The molecule has 0 rings (SSSR count). The van der Waals surface area contributed by atoms with E-state index < -0.39 is 0 Å². The van der Waals surface area contributed by atoms with E-state index in [9.17, 15) is 9.59 Å². The van der Waals surface area contributed by atoms with E-state index in [0.717, 1.165) is 12.6 Å². The highest BCUT2D eigenvalue weighted by molar-refractivity contribution is 5.65. The molecule has 76 valence electrons. The third-order valence-electron chi connectivity index (χ3n) is 0.986. The van der Waals surface area contributed by atoms with E-state index in [4.69, 9.17) is 0 Å². The first-order valence-corrected chi connectivity index (χ1v) is 4.29. The fraction of sp³-hybridized carbons (Fsp3) is 0.167. The standard InChI is InChI=1S/2C6H8O/c2*1-2-3-4-5-6-7/h2*2-6H,1H3/b2*3-2+,5-4+. The lowest BCUT2D eigenvalue weighted by molar-refractivity contribution is -0.104. The fourth-order valence-corrected chi connectivity index (χ4v) is 0.441. The fourth-order valence-electron chi connectivity index (χ4n) is 0.441. The molecule has 0 spiro atoms. The van der Waals surface area contributed by atoms with Crippen molar-refractivity contribution in [2.75, 3.05) is 0 Å². The second kappa shape index (κ2) is 17.4. The van der Waals surface area contributed by atoms with Crippen molar-refractivity contribution >= 4 is 12.6 Å². The number of carbonyl (C=O) groups excluding carboxylic acids is 2. The molecule has 0 aromatic rings. The molecule has 2 nitrogen and oxygen atoms in total. The highest BCUT2D eigenvalue weighted by atomic mass is 16.1. The lowest BCUT2D eigenvalue weighted by Gasteiger charge is -1.62. The van der Waals surface area contributed by atoms with Crippen LogP contribution >= 0.6 is 0 Å². The zero-order valence-electron chi connectivity index (χ0n) is 8.59. The van der Waals surface area contributed by atoms with E-state index in [1.54, 1.807) is 24.3 Å². The van der Waals surface area contributed by atoms with Gasteiger partial charge in [-0.15, -0.1) is 0 Å². The summed E-state index contributed by atoms with van der Waals surface area (Å²) in [7, 11) is 0. The number of aldehydes is 2. The van der Waals surface area contributed by atoms with Gasteiger partial charge in [0, 0.05) is 0 Å². The minimum absolute atomic E-state index is 0.750. The smallest absolute Gasteiger partial charge is 0.142 e. The van der Waals surface area contributed by atoms with Crippen LogP contribution in [-0.2, 0) is 9.59 Å². The molecule has 0 amide bonds. The molecule has 0 bridgehead atoms. The molecule has 0 heterocycles. The first-order valence-electron chi connectivity index (χ1n) is 4.29. The minimum Gasteiger partial charge on any atom is -0.299 e. The van der Waals surface area contributed by atoms with Gasteiger partial charge in [-0.25, -0.2) is 0 Å².